The summed E-state index contributed by atoms with van der Waals surface area (Å²) in [6.07, 6.45) is 3.88. The Morgan fingerprint density at radius 2 is 1.61 bits per heavy atom. The Bertz CT molecular complexity index is 1300. The molecule has 6 nitrogen and oxygen atoms in total. The summed E-state index contributed by atoms with van der Waals surface area (Å²) in [7, 11) is 0. The Hall–Kier alpha value is -3.35. The molecule has 0 radical (unpaired) electrons. The molecule has 3 aromatic carbocycles. The van der Waals surface area contributed by atoms with E-state index < -0.39 is 6.09 Å². The Labute approximate surface area is 244 Å². The monoisotopic (exact) mass is 555 g/mol. The SMILES string of the molecule is Cc1c(C)c2c(c(C)c1NC(=O)[O-])CC(C)(CCN1CCC(CCOC(c3ccccc3)c3ccccc3)CC1)O2. The van der Waals surface area contributed by atoms with Gasteiger partial charge in [0.25, 0.3) is 0 Å². The molecule has 1 amide bonds. The smallest absolute Gasteiger partial charge is 0.138 e. The van der Waals surface area contributed by atoms with E-state index in [0.717, 1.165) is 73.5 Å². The van der Waals surface area contributed by atoms with Crippen molar-refractivity contribution < 1.29 is 19.4 Å². The summed E-state index contributed by atoms with van der Waals surface area (Å²) < 4.78 is 13.1. The van der Waals surface area contributed by atoms with E-state index in [1.807, 2.05) is 32.9 Å². The quantitative estimate of drug-likeness (QED) is 0.315. The summed E-state index contributed by atoms with van der Waals surface area (Å²) in [6.45, 7) is 12.1. The number of anilines is 1. The average Bonchev–Trinajstić information content (AvgIpc) is 3.35. The lowest BCUT2D eigenvalue weighted by molar-refractivity contribution is -0.242. The molecule has 5 rings (SSSR count). The van der Waals surface area contributed by atoms with Crippen LogP contribution in [0.3, 0.4) is 0 Å². The molecule has 1 unspecified atom stereocenters. The molecule has 1 N–H and O–H groups in total. The minimum Gasteiger partial charge on any atom is -0.530 e. The normalized spacial score (nSPS) is 19.2. The highest BCUT2D eigenvalue weighted by molar-refractivity contribution is 5.85. The molecule has 218 valence electrons. The zero-order valence-corrected chi connectivity index (χ0v) is 24.9. The third kappa shape index (κ3) is 6.77. The lowest BCUT2D eigenvalue weighted by Crippen LogP contribution is -2.40. The number of ether oxygens (including phenoxy) is 2. The van der Waals surface area contributed by atoms with Crippen molar-refractivity contribution in [2.45, 2.75) is 71.5 Å². The zero-order chi connectivity index (χ0) is 29.0. The van der Waals surface area contributed by atoms with E-state index >= 15 is 0 Å². The van der Waals surface area contributed by atoms with Gasteiger partial charge in [0.15, 0.2) is 0 Å². The molecule has 0 bridgehead atoms. The van der Waals surface area contributed by atoms with Crippen LogP contribution in [0.2, 0.25) is 0 Å². The maximum absolute atomic E-state index is 11.3. The van der Waals surface area contributed by atoms with Gasteiger partial charge in [0.05, 0.1) is 0 Å². The number of amides is 1. The molecule has 0 aliphatic carbocycles. The van der Waals surface area contributed by atoms with Gasteiger partial charge in [-0.15, -0.1) is 0 Å². The predicted molar refractivity (Wildman–Crippen MR) is 161 cm³/mol. The molecule has 2 aliphatic rings. The summed E-state index contributed by atoms with van der Waals surface area (Å²) in [6, 6.07) is 21.0. The van der Waals surface area contributed by atoms with Crippen LogP contribution < -0.4 is 15.2 Å². The van der Waals surface area contributed by atoms with E-state index in [1.54, 1.807) is 0 Å². The average molecular weight is 556 g/mol. The molecule has 0 saturated carbocycles. The van der Waals surface area contributed by atoms with Crippen molar-refractivity contribution in [2.75, 3.05) is 31.6 Å². The van der Waals surface area contributed by atoms with Gasteiger partial charge in [-0.05, 0) is 100 Å². The largest absolute Gasteiger partial charge is 0.530 e. The van der Waals surface area contributed by atoms with Crippen LogP contribution in [0.5, 0.6) is 5.75 Å². The number of rotatable bonds is 10. The molecule has 1 fully saturated rings. The second kappa shape index (κ2) is 12.7. The molecular weight excluding hydrogens is 512 g/mol. The van der Waals surface area contributed by atoms with Crippen LogP contribution in [0.1, 0.15) is 72.1 Å². The van der Waals surface area contributed by atoms with Gasteiger partial charge in [0.2, 0.25) is 0 Å². The van der Waals surface area contributed by atoms with E-state index in [0.29, 0.717) is 11.6 Å². The summed E-state index contributed by atoms with van der Waals surface area (Å²) in [5.41, 5.74) is 6.71. The van der Waals surface area contributed by atoms with Crippen molar-refractivity contribution in [2.24, 2.45) is 5.92 Å². The second-order valence-electron chi connectivity index (χ2n) is 12.1. The van der Waals surface area contributed by atoms with E-state index in [-0.39, 0.29) is 11.7 Å². The molecular formula is C35H43N2O4-. The van der Waals surface area contributed by atoms with Crippen molar-refractivity contribution in [3.8, 4) is 5.75 Å². The summed E-state index contributed by atoms with van der Waals surface area (Å²) >= 11 is 0. The lowest BCUT2D eigenvalue weighted by Gasteiger charge is -2.34. The number of likely N-dealkylation sites (tertiary alicyclic amines) is 1. The van der Waals surface area contributed by atoms with Crippen LogP contribution >= 0.6 is 0 Å². The highest BCUT2D eigenvalue weighted by Crippen LogP contribution is 2.45. The molecule has 2 heterocycles. The fourth-order valence-electron chi connectivity index (χ4n) is 6.51. The third-order valence-corrected chi connectivity index (χ3v) is 9.19. The third-order valence-electron chi connectivity index (χ3n) is 9.19. The van der Waals surface area contributed by atoms with Crippen molar-refractivity contribution in [1.29, 1.82) is 0 Å². The van der Waals surface area contributed by atoms with Crippen molar-refractivity contribution >= 4 is 11.8 Å². The van der Waals surface area contributed by atoms with Gasteiger partial charge in [0.1, 0.15) is 23.5 Å². The maximum atomic E-state index is 11.3. The summed E-state index contributed by atoms with van der Waals surface area (Å²) in [4.78, 5) is 13.8. The zero-order valence-electron chi connectivity index (χ0n) is 24.9. The van der Waals surface area contributed by atoms with Gasteiger partial charge < -0.3 is 29.6 Å². The number of nitrogens with one attached hydrogen (secondary N) is 1. The predicted octanol–water partition coefficient (Wildman–Crippen LogP) is 6.36. The van der Waals surface area contributed by atoms with Gasteiger partial charge >= 0.3 is 0 Å². The number of carboxylic acid groups (broad SMARTS) is 1. The first-order valence-corrected chi connectivity index (χ1v) is 15.0. The van der Waals surface area contributed by atoms with E-state index in [1.165, 1.54) is 24.0 Å². The topological polar surface area (TPSA) is 73.9 Å². The Morgan fingerprint density at radius 3 is 2.20 bits per heavy atom. The number of carbonyl (C=O) groups is 1. The second-order valence-corrected chi connectivity index (χ2v) is 12.1. The number of fused-ring (bicyclic) bond motifs is 1. The number of hydrogen-bond donors (Lipinski definition) is 1. The van der Waals surface area contributed by atoms with Crippen molar-refractivity contribution in [1.82, 2.24) is 4.90 Å². The first-order valence-electron chi connectivity index (χ1n) is 15.0. The molecule has 1 atom stereocenters. The van der Waals surface area contributed by atoms with Crippen LogP contribution in [0.15, 0.2) is 60.7 Å². The fraction of sp³-hybridized carbons (Fsp3) is 0.457. The minimum absolute atomic E-state index is 0.0301. The summed E-state index contributed by atoms with van der Waals surface area (Å²) in [5.74, 6) is 1.61. The number of carbonyl (C=O) groups excluding carboxylic acids is 1. The Morgan fingerprint density at radius 1 is 1.00 bits per heavy atom. The molecule has 3 aromatic rings. The van der Waals surface area contributed by atoms with E-state index in [9.17, 15) is 9.90 Å². The van der Waals surface area contributed by atoms with Crippen LogP contribution in [-0.4, -0.2) is 42.8 Å². The number of piperidine rings is 1. The molecule has 0 spiro atoms. The molecule has 0 aromatic heterocycles. The molecule has 6 heteroatoms. The van der Waals surface area contributed by atoms with Gasteiger partial charge in [-0.3, -0.25) is 0 Å². The van der Waals surface area contributed by atoms with Crippen molar-refractivity contribution in [3.63, 3.8) is 0 Å². The molecule has 2 aliphatic heterocycles. The van der Waals surface area contributed by atoms with Crippen molar-refractivity contribution in [3.05, 3.63) is 94.0 Å². The van der Waals surface area contributed by atoms with E-state index in [2.05, 4.69) is 65.7 Å². The Balaban J connectivity index is 1.10. The standard InChI is InChI=1S/C35H44N2O4/c1-24-25(2)32-30(26(3)31(24)36-34(38)39)23-35(4,41-32)18-21-37-19-15-27(16-20-37)17-22-40-33(28-11-7-5-8-12-28)29-13-9-6-10-14-29/h5-14,27,33,36H,15-23H2,1-4H3,(H,38,39)/p-1. The summed E-state index contributed by atoms with van der Waals surface area (Å²) in [5, 5.41) is 13.7. The molecule has 1 saturated heterocycles. The highest BCUT2D eigenvalue weighted by atomic mass is 16.5. The van der Waals surface area contributed by atoms with Crippen LogP contribution in [0.4, 0.5) is 10.5 Å². The molecule has 41 heavy (non-hydrogen) atoms. The number of nitrogens with zero attached hydrogens (tertiary/aromatic N) is 1. The fourth-order valence-corrected chi connectivity index (χ4v) is 6.51. The van der Waals surface area contributed by atoms with Gasteiger partial charge in [-0.25, -0.2) is 0 Å². The van der Waals surface area contributed by atoms with Gasteiger partial charge in [-0.2, -0.15) is 0 Å². The van der Waals surface area contributed by atoms with Crippen LogP contribution in [-0.2, 0) is 11.2 Å². The van der Waals surface area contributed by atoms with Crippen LogP contribution in [0, 0.1) is 26.7 Å². The van der Waals surface area contributed by atoms with Crippen LogP contribution in [0.25, 0.3) is 0 Å². The number of hydrogen-bond acceptors (Lipinski definition) is 5. The Kier molecular flexibility index (Phi) is 9.00. The lowest BCUT2D eigenvalue weighted by atomic mass is 9.89. The first-order chi connectivity index (χ1) is 19.7. The minimum atomic E-state index is -1.28. The van der Waals surface area contributed by atoms with E-state index in [4.69, 9.17) is 9.47 Å². The van der Waals surface area contributed by atoms with Gasteiger partial charge in [-0.1, -0.05) is 60.7 Å². The number of benzene rings is 3. The highest BCUT2D eigenvalue weighted by Gasteiger charge is 2.38. The maximum Gasteiger partial charge on any atom is 0.138 e. The first kappa shape index (κ1) is 29.2. The van der Waals surface area contributed by atoms with Gasteiger partial charge in [0, 0.05) is 30.8 Å².